The maximum absolute atomic E-state index is 11.9. The summed E-state index contributed by atoms with van der Waals surface area (Å²) in [5, 5.41) is 4.93. The molecule has 110 valence electrons. The summed E-state index contributed by atoms with van der Waals surface area (Å²) in [6, 6.07) is 3.57. The molecule has 0 bridgehead atoms. The number of rotatable bonds is 6. The molecule has 1 N–H and O–H groups in total. The normalized spacial score (nSPS) is 10.1. The summed E-state index contributed by atoms with van der Waals surface area (Å²) < 4.78 is 4.85. The van der Waals surface area contributed by atoms with Crippen molar-refractivity contribution < 1.29 is 14.3 Å². The van der Waals surface area contributed by atoms with E-state index < -0.39 is 0 Å². The molecule has 0 unspecified atom stereocenters. The maximum atomic E-state index is 11.9. The zero-order chi connectivity index (χ0) is 15.1. The van der Waals surface area contributed by atoms with Gasteiger partial charge in [-0.2, -0.15) is 0 Å². The number of aromatic nitrogens is 2. The molecule has 0 radical (unpaired) electrons. The Kier molecular flexibility index (Phi) is 5.39. The second kappa shape index (κ2) is 7.49. The number of nitrogens with zero attached hydrogens (tertiary/aromatic N) is 2. The van der Waals surface area contributed by atoms with Gasteiger partial charge in [0.2, 0.25) is 5.91 Å². The zero-order valence-corrected chi connectivity index (χ0v) is 12.4. The summed E-state index contributed by atoms with van der Waals surface area (Å²) in [5.41, 5.74) is 1.48. The van der Waals surface area contributed by atoms with Crippen LogP contribution in [0.3, 0.4) is 0 Å². The Morgan fingerprint density at radius 1 is 1.29 bits per heavy atom. The predicted molar refractivity (Wildman–Crippen MR) is 79.0 cm³/mol. The molecule has 0 fully saturated rings. The number of hydrogen-bond donors (Lipinski definition) is 1. The average molecular weight is 305 g/mol. The van der Waals surface area contributed by atoms with E-state index in [-0.39, 0.29) is 24.7 Å². The second-order valence-corrected chi connectivity index (χ2v) is 5.06. The van der Waals surface area contributed by atoms with Gasteiger partial charge in [-0.05, 0) is 24.6 Å². The molecule has 0 atom stereocenters. The number of nitrogens with one attached hydrogen (secondary N) is 1. The molecule has 0 aromatic carbocycles. The summed E-state index contributed by atoms with van der Waals surface area (Å²) in [4.78, 5) is 31.3. The predicted octanol–water partition coefficient (Wildman–Crippen LogP) is 1.82. The van der Waals surface area contributed by atoms with Crippen molar-refractivity contribution in [2.24, 2.45) is 0 Å². The first-order valence-electron chi connectivity index (χ1n) is 6.46. The molecule has 0 saturated heterocycles. The summed E-state index contributed by atoms with van der Waals surface area (Å²) in [6.07, 6.45) is 3.66. The lowest BCUT2D eigenvalue weighted by molar-refractivity contribution is -0.142. The van der Waals surface area contributed by atoms with Gasteiger partial charge in [-0.25, -0.2) is 4.98 Å². The Hall–Kier alpha value is -2.28. The molecule has 2 rings (SSSR count). The average Bonchev–Trinajstić information content (AvgIpc) is 2.87. The number of carbonyl (C=O) groups excluding carboxylic acids is 2. The van der Waals surface area contributed by atoms with Crippen LogP contribution in [0, 0.1) is 0 Å². The van der Waals surface area contributed by atoms with Gasteiger partial charge in [0.25, 0.3) is 0 Å². The first kappa shape index (κ1) is 15.1. The molecular formula is C14H15N3O3S. The largest absolute Gasteiger partial charge is 0.466 e. The van der Waals surface area contributed by atoms with E-state index in [1.54, 1.807) is 36.8 Å². The number of ether oxygens (including phenoxy) is 1. The molecule has 21 heavy (non-hydrogen) atoms. The third-order valence-electron chi connectivity index (χ3n) is 2.54. The first-order chi connectivity index (χ1) is 10.2. The van der Waals surface area contributed by atoms with Crippen molar-refractivity contribution in [3.05, 3.63) is 41.2 Å². The maximum Gasteiger partial charge on any atom is 0.311 e. The molecule has 0 spiro atoms. The van der Waals surface area contributed by atoms with Crippen LogP contribution in [-0.4, -0.2) is 28.5 Å². The van der Waals surface area contributed by atoms with Crippen molar-refractivity contribution in [3.8, 4) is 0 Å². The topological polar surface area (TPSA) is 81.2 Å². The quantitative estimate of drug-likeness (QED) is 0.823. The van der Waals surface area contributed by atoms with Crippen LogP contribution in [0.1, 0.15) is 18.2 Å². The standard InChI is InChI=1S/C14H15N3O3S/c1-2-20-13(19)8-11-9-21-14(16-11)17-12(18)7-10-3-5-15-6-4-10/h3-6,9H,2,7-8H2,1H3,(H,16,17,18). The number of thiazole rings is 1. The van der Waals surface area contributed by atoms with Crippen LogP contribution in [0.5, 0.6) is 0 Å². The summed E-state index contributed by atoms with van der Waals surface area (Å²) in [7, 11) is 0. The SMILES string of the molecule is CCOC(=O)Cc1csc(NC(=O)Cc2ccncc2)n1. The van der Waals surface area contributed by atoms with Crippen molar-refractivity contribution in [1.29, 1.82) is 0 Å². The van der Waals surface area contributed by atoms with Gasteiger partial charge in [-0.15, -0.1) is 11.3 Å². The zero-order valence-electron chi connectivity index (χ0n) is 11.5. The molecule has 0 aliphatic rings. The minimum absolute atomic E-state index is 0.116. The van der Waals surface area contributed by atoms with Crippen molar-refractivity contribution >= 4 is 28.3 Å². The van der Waals surface area contributed by atoms with Crippen molar-refractivity contribution in [1.82, 2.24) is 9.97 Å². The first-order valence-corrected chi connectivity index (χ1v) is 7.34. The van der Waals surface area contributed by atoms with Crippen molar-refractivity contribution in [3.63, 3.8) is 0 Å². The highest BCUT2D eigenvalue weighted by Gasteiger charge is 2.10. The molecule has 2 heterocycles. The van der Waals surface area contributed by atoms with E-state index in [1.165, 1.54) is 11.3 Å². The molecule has 0 saturated carbocycles. The summed E-state index contributed by atoms with van der Waals surface area (Å²) in [6.45, 7) is 2.10. The second-order valence-electron chi connectivity index (χ2n) is 4.21. The lowest BCUT2D eigenvalue weighted by atomic mass is 10.2. The van der Waals surface area contributed by atoms with E-state index >= 15 is 0 Å². The van der Waals surface area contributed by atoms with Gasteiger partial charge in [0.05, 0.1) is 25.1 Å². The fourth-order valence-corrected chi connectivity index (χ4v) is 2.38. The summed E-state index contributed by atoms with van der Waals surface area (Å²) >= 11 is 1.29. The Labute approximate surface area is 126 Å². The Morgan fingerprint density at radius 2 is 2.05 bits per heavy atom. The molecular weight excluding hydrogens is 290 g/mol. The number of pyridine rings is 1. The minimum Gasteiger partial charge on any atom is -0.466 e. The lowest BCUT2D eigenvalue weighted by Gasteiger charge is -2.01. The van der Waals surface area contributed by atoms with Gasteiger partial charge < -0.3 is 10.1 Å². The Morgan fingerprint density at radius 3 is 2.76 bits per heavy atom. The molecule has 0 aliphatic carbocycles. The number of carbonyl (C=O) groups is 2. The van der Waals surface area contributed by atoms with Gasteiger partial charge >= 0.3 is 5.97 Å². The fourth-order valence-electron chi connectivity index (χ4n) is 1.65. The molecule has 1 amide bonds. The van der Waals surface area contributed by atoms with Crippen molar-refractivity contribution in [2.75, 3.05) is 11.9 Å². The smallest absolute Gasteiger partial charge is 0.311 e. The molecule has 7 heteroatoms. The van der Waals surface area contributed by atoms with E-state index in [0.717, 1.165) is 5.56 Å². The highest BCUT2D eigenvalue weighted by Crippen LogP contribution is 2.16. The Bertz CT molecular complexity index is 613. The van der Waals surface area contributed by atoms with Crippen LogP contribution in [-0.2, 0) is 27.2 Å². The van der Waals surface area contributed by atoms with E-state index in [2.05, 4.69) is 15.3 Å². The third-order valence-corrected chi connectivity index (χ3v) is 3.35. The van der Waals surface area contributed by atoms with Crippen LogP contribution < -0.4 is 5.32 Å². The number of anilines is 1. The van der Waals surface area contributed by atoms with Gasteiger partial charge in [0, 0.05) is 17.8 Å². The van der Waals surface area contributed by atoms with Gasteiger partial charge in [-0.1, -0.05) is 0 Å². The fraction of sp³-hybridized carbons (Fsp3) is 0.286. The lowest BCUT2D eigenvalue weighted by Crippen LogP contribution is -2.14. The number of amides is 1. The molecule has 2 aromatic heterocycles. The van der Waals surface area contributed by atoms with Gasteiger partial charge in [0.1, 0.15) is 0 Å². The Balaban J connectivity index is 1.87. The van der Waals surface area contributed by atoms with Crippen LogP contribution in [0.4, 0.5) is 5.13 Å². The minimum atomic E-state index is -0.322. The summed E-state index contributed by atoms with van der Waals surface area (Å²) in [5.74, 6) is -0.476. The monoisotopic (exact) mass is 305 g/mol. The number of hydrogen-bond acceptors (Lipinski definition) is 6. The van der Waals surface area contributed by atoms with Gasteiger partial charge in [0.15, 0.2) is 5.13 Å². The highest BCUT2D eigenvalue weighted by molar-refractivity contribution is 7.13. The molecule has 6 nitrogen and oxygen atoms in total. The van der Waals surface area contributed by atoms with Crippen LogP contribution >= 0.6 is 11.3 Å². The van der Waals surface area contributed by atoms with E-state index in [9.17, 15) is 9.59 Å². The van der Waals surface area contributed by atoms with Gasteiger partial charge in [-0.3, -0.25) is 14.6 Å². The van der Waals surface area contributed by atoms with E-state index in [4.69, 9.17) is 4.74 Å². The van der Waals surface area contributed by atoms with Crippen LogP contribution in [0.15, 0.2) is 29.9 Å². The number of esters is 1. The highest BCUT2D eigenvalue weighted by atomic mass is 32.1. The van der Waals surface area contributed by atoms with Crippen LogP contribution in [0.2, 0.25) is 0 Å². The van der Waals surface area contributed by atoms with E-state index in [1.807, 2.05) is 0 Å². The molecule has 0 aliphatic heterocycles. The van der Waals surface area contributed by atoms with E-state index in [0.29, 0.717) is 17.4 Å². The van der Waals surface area contributed by atoms with Crippen LogP contribution in [0.25, 0.3) is 0 Å². The third kappa shape index (κ3) is 4.96. The molecule has 2 aromatic rings. The van der Waals surface area contributed by atoms with Crippen molar-refractivity contribution in [2.45, 2.75) is 19.8 Å².